The second-order valence-corrected chi connectivity index (χ2v) is 4.85. The number of anilines is 1. The van der Waals surface area contributed by atoms with Crippen molar-refractivity contribution in [3.8, 4) is 17.1 Å². The Bertz CT molecular complexity index is 589. The van der Waals surface area contributed by atoms with Gasteiger partial charge < -0.3 is 10.5 Å². The zero-order valence-electron chi connectivity index (χ0n) is 10.9. The lowest BCUT2D eigenvalue weighted by Crippen LogP contribution is -2.03. The zero-order valence-corrected chi connectivity index (χ0v) is 12.4. The van der Waals surface area contributed by atoms with E-state index in [9.17, 15) is 0 Å². The van der Waals surface area contributed by atoms with E-state index in [2.05, 4.69) is 37.8 Å². The van der Waals surface area contributed by atoms with Crippen LogP contribution < -0.4 is 10.5 Å². The van der Waals surface area contributed by atoms with Gasteiger partial charge in [-0.15, -0.1) is 0 Å². The van der Waals surface area contributed by atoms with Gasteiger partial charge in [0, 0.05) is 6.20 Å². The first-order valence-corrected chi connectivity index (χ1v) is 6.77. The van der Waals surface area contributed by atoms with Gasteiger partial charge in [-0.05, 0) is 40.0 Å². The van der Waals surface area contributed by atoms with Crippen LogP contribution in [0.4, 0.5) is 5.95 Å². The number of nitrogens with two attached hydrogens (primary N) is 1. The van der Waals surface area contributed by atoms with Crippen molar-refractivity contribution >= 4 is 21.9 Å². The first-order valence-electron chi connectivity index (χ1n) is 5.98. The van der Waals surface area contributed by atoms with Crippen molar-refractivity contribution < 1.29 is 4.74 Å². The number of methoxy groups -OCH3 is 1. The Morgan fingerprint density at radius 3 is 2.74 bits per heavy atom. The number of aryl methyl sites for hydroxylation is 1. The fraction of sp³-hybridized carbons (Fsp3) is 0.308. The number of nitrogens with zero attached hydrogens (tertiary/aromatic N) is 3. The molecule has 0 amide bonds. The third kappa shape index (κ3) is 3.01. The van der Waals surface area contributed by atoms with E-state index in [1.165, 1.54) is 0 Å². The van der Waals surface area contributed by atoms with E-state index in [1.807, 2.05) is 12.1 Å². The van der Waals surface area contributed by atoms with Gasteiger partial charge in [0.05, 0.1) is 7.11 Å². The number of halogens is 1. The van der Waals surface area contributed by atoms with Gasteiger partial charge in [0.1, 0.15) is 21.7 Å². The molecule has 2 aromatic heterocycles. The van der Waals surface area contributed by atoms with Gasteiger partial charge in [-0.2, -0.15) is 0 Å². The van der Waals surface area contributed by atoms with Gasteiger partial charge in [-0.1, -0.05) is 13.3 Å². The predicted octanol–water partition coefficient (Wildman–Crippen LogP) is 2.84. The van der Waals surface area contributed by atoms with Crippen LogP contribution in [-0.4, -0.2) is 22.1 Å². The monoisotopic (exact) mass is 322 g/mol. The van der Waals surface area contributed by atoms with Crippen LogP contribution in [0.25, 0.3) is 11.4 Å². The second kappa shape index (κ2) is 5.97. The SMILES string of the molecule is CCCc1cnc(N)nc1-c1nc(Br)ccc1OC. The maximum absolute atomic E-state index is 5.69. The molecule has 0 aromatic carbocycles. The average molecular weight is 323 g/mol. The van der Waals surface area contributed by atoms with Gasteiger partial charge >= 0.3 is 0 Å². The largest absolute Gasteiger partial charge is 0.494 e. The van der Waals surface area contributed by atoms with Crippen molar-refractivity contribution in [2.75, 3.05) is 12.8 Å². The minimum absolute atomic E-state index is 0.235. The lowest BCUT2D eigenvalue weighted by molar-refractivity contribution is 0.414. The minimum atomic E-state index is 0.235. The van der Waals surface area contributed by atoms with Gasteiger partial charge in [0.2, 0.25) is 5.95 Å². The van der Waals surface area contributed by atoms with Crippen molar-refractivity contribution in [3.63, 3.8) is 0 Å². The van der Waals surface area contributed by atoms with Crippen molar-refractivity contribution in [1.82, 2.24) is 15.0 Å². The number of pyridine rings is 1. The second-order valence-electron chi connectivity index (χ2n) is 4.04. The molecule has 100 valence electrons. The molecule has 2 heterocycles. The lowest BCUT2D eigenvalue weighted by atomic mass is 10.1. The number of ether oxygens (including phenoxy) is 1. The highest BCUT2D eigenvalue weighted by Gasteiger charge is 2.15. The van der Waals surface area contributed by atoms with Crippen LogP contribution in [0.1, 0.15) is 18.9 Å². The van der Waals surface area contributed by atoms with Crippen LogP contribution >= 0.6 is 15.9 Å². The van der Waals surface area contributed by atoms with E-state index in [0.717, 1.165) is 28.7 Å². The Balaban J connectivity index is 2.62. The van der Waals surface area contributed by atoms with Crippen molar-refractivity contribution in [2.24, 2.45) is 0 Å². The first kappa shape index (κ1) is 13.7. The highest BCUT2D eigenvalue weighted by atomic mass is 79.9. The van der Waals surface area contributed by atoms with Gasteiger partial charge in [-0.25, -0.2) is 15.0 Å². The van der Waals surface area contributed by atoms with Crippen LogP contribution in [0, 0.1) is 0 Å². The molecule has 0 aliphatic rings. The van der Waals surface area contributed by atoms with E-state index in [1.54, 1.807) is 13.3 Å². The summed E-state index contributed by atoms with van der Waals surface area (Å²) in [5.41, 5.74) is 8.11. The molecule has 0 aliphatic heterocycles. The van der Waals surface area contributed by atoms with Crippen LogP contribution in [-0.2, 0) is 6.42 Å². The lowest BCUT2D eigenvalue weighted by Gasteiger charge is -2.11. The fourth-order valence-corrected chi connectivity index (χ4v) is 2.14. The summed E-state index contributed by atoms with van der Waals surface area (Å²) < 4.78 is 6.07. The van der Waals surface area contributed by atoms with Crippen LogP contribution in [0.15, 0.2) is 22.9 Å². The van der Waals surface area contributed by atoms with E-state index >= 15 is 0 Å². The molecule has 0 aliphatic carbocycles. The third-order valence-corrected chi connectivity index (χ3v) is 3.11. The van der Waals surface area contributed by atoms with Gasteiger partial charge in [0.15, 0.2) is 0 Å². The predicted molar refractivity (Wildman–Crippen MR) is 77.9 cm³/mol. The molecule has 0 atom stereocenters. The summed E-state index contributed by atoms with van der Waals surface area (Å²) >= 11 is 3.36. The van der Waals surface area contributed by atoms with Gasteiger partial charge in [-0.3, -0.25) is 0 Å². The van der Waals surface area contributed by atoms with Crippen LogP contribution in [0.3, 0.4) is 0 Å². The molecule has 2 rings (SSSR count). The molecule has 0 fully saturated rings. The Morgan fingerprint density at radius 2 is 2.05 bits per heavy atom. The third-order valence-electron chi connectivity index (χ3n) is 2.67. The standard InChI is InChI=1S/C13H15BrN4O/c1-3-4-8-7-16-13(15)18-11(8)12-9(19-2)5-6-10(14)17-12/h5-7H,3-4H2,1-2H3,(H2,15,16,18). The molecule has 2 N–H and O–H groups in total. The smallest absolute Gasteiger partial charge is 0.220 e. The Hall–Kier alpha value is -1.69. The molecule has 2 aromatic rings. The summed E-state index contributed by atoms with van der Waals surface area (Å²) in [6.45, 7) is 2.10. The van der Waals surface area contributed by atoms with E-state index in [0.29, 0.717) is 11.4 Å². The van der Waals surface area contributed by atoms with Gasteiger partial charge in [0.25, 0.3) is 0 Å². The maximum atomic E-state index is 5.69. The molecule has 6 heteroatoms. The molecule has 0 spiro atoms. The average Bonchev–Trinajstić information content (AvgIpc) is 2.41. The Labute approximate surface area is 120 Å². The molecule has 0 saturated carbocycles. The van der Waals surface area contributed by atoms with E-state index in [-0.39, 0.29) is 5.95 Å². The first-order chi connectivity index (χ1) is 9.15. The number of rotatable bonds is 4. The zero-order chi connectivity index (χ0) is 13.8. The van der Waals surface area contributed by atoms with Crippen LogP contribution in [0.2, 0.25) is 0 Å². The number of hydrogen-bond acceptors (Lipinski definition) is 5. The molecule has 19 heavy (non-hydrogen) atoms. The Morgan fingerprint density at radius 1 is 1.26 bits per heavy atom. The van der Waals surface area contributed by atoms with E-state index < -0.39 is 0 Å². The topological polar surface area (TPSA) is 73.9 Å². The summed E-state index contributed by atoms with van der Waals surface area (Å²) in [5, 5.41) is 0. The van der Waals surface area contributed by atoms with Crippen LogP contribution in [0.5, 0.6) is 5.75 Å². The molecule has 0 bridgehead atoms. The summed E-state index contributed by atoms with van der Waals surface area (Å²) in [5.74, 6) is 0.900. The fourth-order valence-electron chi connectivity index (χ4n) is 1.83. The summed E-state index contributed by atoms with van der Waals surface area (Å²) in [6.07, 6.45) is 3.62. The molecule has 5 nitrogen and oxygen atoms in total. The molecular weight excluding hydrogens is 308 g/mol. The normalized spacial score (nSPS) is 10.5. The summed E-state index contributed by atoms with van der Waals surface area (Å²) in [7, 11) is 1.61. The molecule has 0 saturated heterocycles. The van der Waals surface area contributed by atoms with E-state index in [4.69, 9.17) is 10.5 Å². The number of hydrogen-bond donors (Lipinski definition) is 1. The summed E-state index contributed by atoms with van der Waals surface area (Å²) in [4.78, 5) is 12.8. The highest BCUT2D eigenvalue weighted by Crippen LogP contribution is 2.31. The quantitative estimate of drug-likeness (QED) is 0.876. The molecule has 0 unspecified atom stereocenters. The van der Waals surface area contributed by atoms with Crippen molar-refractivity contribution in [2.45, 2.75) is 19.8 Å². The molecule has 0 radical (unpaired) electrons. The maximum Gasteiger partial charge on any atom is 0.220 e. The van der Waals surface area contributed by atoms with Crippen molar-refractivity contribution in [1.29, 1.82) is 0 Å². The molecular formula is C13H15BrN4O. The summed E-state index contributed by atoms with van der Waals surface area (Å²) in [6, 6.07) is 3.67. The number of nitrogen functional groups attached to an aromatic ring is 1. The number of aromatic nitrogens is 3. The Kier molecular flexibility index (Phi) is 4.31. The van der Waals surface area contributed by atoms with Crippen molar-refractivity contribution in [3.05, 3.63) is 28.5 Å². The highest BCUT2D eigenvalue weighted by molar-refractivity contribution is 9.10. The minimum Gasteiger partial charge on any atom is -0.494 e.